The van der Waals surface area contributed by atoms with Crippen LogP contribution in [0.3, 0.4) is 0 Å². The second-order valence-corrected chi connectivity index (χ2v) is 7.78. The average Bonchev–Trinajstić information content (AvgIpc) is 3.11. The van der Waals surface area contributed by atoms with Gasteiger partial charge in [-0.25, -0.2) is 4.98 Å². The van der Waals surface area contributed by atoms with Gasteiger partial charge in [-0.15, -0.1) is 13.2 Å². The lowest BCUT2D eigenvalue weighted by molar-refractivity contribution is -0.274. The number of alkyl halides is 3. The summed E-state index contributed by atoms with van der Waals surface area (Å²) in [6.45, 7) is 2.03. The Balaban J connectivity index is 1.65. The monoisotopic (exact) mass is 498 g/mol. The van der Waals surface area contributed by atoms with Gasteiger partial charge in [-0.05, 0) is 40.2 Å². The number of pyridine rings is 1. The van der Waals surface area contributed by atoms with Crippen LogP contribution in [0.15, 0.2) is 41.1 Å². The van der Waals surface area contributed by atoms with Gasteiger partial charge in [0.15, 0.2) is 0 Å². The number of rotatable bonds is 4. The first-order valence-corrected chi connectivity index (χ1v) is 10.2. The van der Waals surface area contributed by atoms with Gasteiger partial charge < -0.3 is 24.3 Å². The highest BCUT2D eigenvalue weighted by Crippen LogP contribution is 2.34. The second kappa shape index (κ2) is 8.39. The third-order valence-electron chi connectivity index (χ3n) is 4.86. The van der Waals surface area contributed by atoms with Crippen LogP contribution in [-0.2, 0) is 11.8 Å². The number of amides is 1. The fraction of sp³-hybridized carbons (Fsp3) is 0.300. The molecule has 7 nitrogen and oxygen atoms in total. The Morgan fingerprint density at radius 1 is 1.26 bits per heavy atom. The zero-order chi connectivity index (χ0) is 22.2. The highest BCUT2D eigenvalue weighted by Gasteiger charge is 2.31. The fourth-order valence-corrected chi connectivity index (χ4v) is 3.89. The third-order valence-corrected chi connectivity index (χ3v) is 5.52. The maximum Gasteiger partial charge on any atom is 0.573 e. The second-order valence-electron chi connectivity index (χ2n) is 6.93. The predicted molar refractivity (Wildman–Crippen MR) is 112 cm³/mol. The fourth-order valence-electron chi connectivity index (χ4n) is 3.43. The molecule has 0 unspecified atom stereocenters. The van der Waals surface area contributed by atoms with Crippen LogP contribution in [0.4, 0.5) is 24.7 Å². The molecule has 0 spiro atoms. The molecule has 2 aromatic heterocycles. The molecule has 0 atom stereocenters. The first kappa shape index (κ1) is 21.4. The van der Waals surface area contributed by atoms with Crippen molar-refractivity contribution in [3.05, 3.63) is 46.7 Å². The van der Waals surface area contributed by atoms with Crippen LogP contribution in [0.2, 0.25) is 0 Å². The molecule has 3 aromatic rings. The molecule has 1 N–H and O–H groups in total. The number of aryl methyl sites for hydroxylation is 1. The largest absolute Gasteiger partial charge is 0.573 e. The molecule has 164 valence electrons. The standard InChI is InChI=1S/C20H18BrF3N4O3/c1-27-5-4-13-17(27)14(19(29)28-6-8-30-9-7-28)11-25-18(13)26-16-3-2-12(10-15(16)21)31-20(22,23)24/h2-5,10-11H,6-9H2,1H3,(H,25,26). The zero-order valence-electron chi connectivity index (χ0n) is 16.4. The molecule has 0 bridgehead atoms. The van der Waals surface area contributed by atoms with Crippen molar-refractivity contribution >= 4 is 44.2 Å². The van der Waals surface area contributed by atoms with E-state index in [9.17, 15) is 18.0 Å². The van der Waals surface area contributed by atoms with Crippen molar-refractivity contribution in [2.45, 2.75) is 6.36 Å². The van der Waals surface area contributed by atoms with E-state index in [0.29, 0.717) is 58.7 Å². The van der Waals surface area contributed by atoms with E-state index in [1.807, 2.05) is 23.9 Å². The first-order chi connectivity index (χ1) is 14.7. The van der Waals surface area contributed by atoms with E-state index in [-0.39, 0.29) is 11.7 Å². The number of hydrogen-bond acceptors (Lipinski definition) is 5. The minimum atomic E-state index is -4.77. The number of nitrogens with one attached hydrogen (secondary N) is 1. The molecule has 1 aliphatic heterocycles. The van der Waals surface area contributed by atoms with Gasteiger partial charge in [-0.2, -0.15) is 0 Å². The minimum Gasteiger partial charge on any atom is -0.406 e. The maximum atomic E-state index is 13.0. The van der Waals surface area contributed by atoms with Gasteiger partial charge >= 0.3 is 6.36 Å². The average molecular weight is 499 g/mol. The van der Waals surface area contributed by atoms with Crippen molar-refractivity contribution in [1.82, 2.24) is 14.5 Å². The van der Waals surface area contributed by atoms with Crippen LogP contribution in [0.1, 0.15) is 10.4 Å². The zero-order valence-corrected chi connectivity index (χ0v) is 18.0. The smallest absolute Gasteiger partial charge is 0.406 e. The Morgan fingerprint density at radius 3 is 2.68 bits per heavy atom. The van der Waals surface area contributed by atoms with E-state index in [2.05, 4.69) is 31.0 Å². The molecule has 1 saturated heterocycles. The van der Waals surface area contributed by atoms with Crippen LogP contribution >= 0.6 is 15.9 Å². The van der Waals surface area contributed by atoms with Crippen LogP contribution in [0, 0.1) is 0 Å². The van der Waals surface area contributed by atoms with E-state index in [4.69, 9.17) is 4.74 Å². The van der Waals surface area contributed by atoms with Gasteiger partial charge in [-0.1, -0.05) is 0 Å². The summed E-state index contributed by atoms with van der Waals surface area (Å²) in [6.07, 6.45) is -1.44. The normalized spacial score (nSPS) is 14.7. The lowest BCUT2D eigenvalue weighted by atomic mass is 10.1. The number of carbonyl (C=O) groups is 1. The van der Waals surface area contributed by atoms with Crippen molar-refractivity contribution in [1.29, 1.82) is 0 Å². The molecule has 1 aliphatic rings. The summed E-state index contributed by atoms with van der Waals surface area (Å²) in [4.78, 5) is 19.2. The summed E-state index contributed by atoms with van der Waals surface area (Å²) in [5.74, 6) is 0.0116. The third kappa shape index (κ3) is 4.62. The lowest BCUT2D eigenvalue weighted by Gasteiger charge is -2.27. The Kier molecular flexibility index (Phi) is 5.80. The quantitative estimate of drug-likeness (QED) is 0.575. The van der Waals surface area contributed by atoms with Crippen molar-refractivity contribution in [2.24, 2.45) is 7.05 Å². The van der Waals surface area contributed by atoms with Gasteiger partial charge in [0.2, 0.25) is 0 Å². The number of benzene rings is 1. The maximum absolute atomic E-state index is 13.0. The van der Waals surface area contributed by atoms with Crippen molar-refractivity contribution in [3.63, 3.8) is 0 Å². The molecule has 1 fully saturated rings. The molecule has 3 heterocycles. The minimum absolute atomic E-state index is 0.121. The Labute approximate surface area is 183 Å². The van der Waals surface area contributed by atoms with E-state index in [1.165, 1.54) is 24.4 Å². The number of aromatic nitrogens is 2. The molecule has 31 heavy (non-hydrogen) atoms. The number of hydrogen-bond donors (Lipinski definition) is 1. The highest BCUT2D eigenvalue weighted by atomic mass is 79.9. The lowest BCUT2D eigenvalue weighted by Crippen LogP contribution is -2.40. The summed E-state index contributed by atoms with van der Waals surface area (Å²) in [7, 11) is 1.83. The number of anilines is 2. The predicted octanol–water partition coefficient (Wildman–Crippen LogP) is 4.45. The van der Waals surface area contributed by atoms with Gasteiger partial charge in [0.25, 0.3) is 5.91 Å². The molecule has 1 aromatic carbocycles. The summed E-state index contributed by atoms with van der Waals surface area (Å²) in [5, 5.41) is 3.82. The number of fused-ring (bicyclic) bond motifs is 1. The summed E-state index contributed by atoms with van der Waals surface area (Å²) in [5.41, 5.74) is 1.68. The van der Waals surface area contributed by atoms with Crippen molar-refractivity contribution < 1.29 is 27.4 Å². The molecule has 0 radical (unpaired) electrons. The summed E-state index contributed by atoms with van der Waals surface area (Å²) in [6, 6.07) is 5.71. The highest BCUT2D eigenvalue weighted by molar-refractivity contribution is 9.10. The molecule has 1 amide bonds. The molecule has 0 aliphatic carbocycles. The summed E-state index contributed by atoms with van der Waals surface area (Å²) < 4.78 is 48.7. The van der Waals surface area contributed by atoms with Gasteiger partial charge in [-0.3, -0.25) is 4.79 Å². The van der Waals surface area contributed by atoms with Crippen molar-refractivity contribution in [2.75, 3.05) is 31.6 Å². The van der Waals surface area contributed by atoms with Crippen molar-refractivity contribution in [3.8, 4) is 5.75 Å². The number of halogens is 4. The SMILES string of the molecule is Cn1ccc2c(Nc3ccc(OC(F)(F)F)cc3Br)ncc(C(=O)N3CCOCC3)c21. The van der Waals surface area contributed by atoms with E-state index in [1.54, 1.807) is 4.90 Å². The molecule has 0 saturated carbocycles. The number of carbonyl (C=O) groups excluding carboxylic acids is 1. The Hall–Kier alpha value is -2.79. The van der Waals surface area contributed by atoms with Crippen LogP contribution in [-0.4, -0.2) is 53.0 Å². The van der Waals surface area contributed by atoms with E-state index in [0.717, 1.165) is 0 Å². The molecule has 11 heteroatoms. The number of morpholine rings is 1. The number of ether oxygens (including phenoxy) is 2. The van der Waals surface area contributed by atoms with Crippen LogP contribution < -0.4 is 10.1 Å². The van der Waals surface area contributed by atoms with Crippen LogP contribution in [0.5, 0.6) is 5.75 Å². The van der Waals surface area contributed by atoms with Crippen LogP contribution in [0.25, 0.3) is 10.9 Å². The number of nitrogens with zero attached hydrogens (tertiary/aromatic N) is 3. The molecular weight excluding hydrogens is 481 g/mol. The molecule has 4 rings (SSSR count). The summed E-state index contributed by atoms with van der Waals surface area (Å²) >= 11 is 3.26. The van der Waals surface area contributed by atoms with E-state index >= 15 is 0 Å². The Bertz CT molecular complexity index is 1130. The van der Waals surface area contributed by atoms with Gasteiger partial charge in [0.05, 0.1) is 30.0 Å². The molecular formula is C20H18BrF3N4O3. The Morgan fingerprint density at radius 2 is 2.00 bits per heavy atom. The van der Waals surface area contributed by atoms with E-state index < -0.39 is 6.36 Å². The van der Waals surface area contributed by atoms with Gasteiger partial charge in [0.1, 0.15) is 11.6 Å². The topological polar surface area (TPSA) is 68.6 Å². The van der Waals surface area contributed by atoms with Gasteiger partial charge in [0, 0.05) is 42.4 Å². The first-order valence-electron chi connectivity index (χ1n) is 9.36.